The van der Waals surface area contributed by atoms with Gasteiger partial charge in [-0.1, -0.05) is 0 Å². The largest absolute Gasteiger partial charge is 0.476 e. The van der Waals surface area contributed by atoms with Gasteiger partial charge in [0.1, 0.15) is 11.8 Å². The van der Waals surface area contributed by atoms with Gasteiger partial charge in [0.05, 0.1) is 4.90 Å². The van der Waals surface area contributed by atoms with E-state index in [1.807, 2.05) is 6.07 Å². The van der Waals surface area contributed by atoms with Gasteiger partial charge in [-0.05, 0) is 44.0 Å². The minimum Gasteiger partial charge on any atom is -0.476 e. The van der Waals surface area contributed by atoms with Gasteiger partial charge in [0.15, 0.2) is 6.10 Å². The van der Waals surface area contributed by atoms with E-state index in [2.05, 4.69) is 0 Å². The third kappa shape index (κ3) is 3.19. The second-order valence-corrected chi connectivity index (χ2v) is 5.35. The molecule has 0 fully saturated rings. The van der Waals surface area contributed by atoms with Gasteiger partial charge in [0, 0.05) is 0 Å². The number of hydrogen-bond acceptors (Lipinski definition) is 4. The van der Waals surface area contributed by atoms with Gasteiger partial charge < -0.3 is 4.74 Å². The van der Waals surface area contributed by atoms with Crippen molar-refractivity contribution < 1.29 is 13.2 Å². The summed E-state index contributed by atoms with van der Waals surface area (Å²) in [7, 11) is -3.73. The molecular weight excluding hydrogens is 240 g/mol. The highest BCUT2D eigenvalue weighted by atomic mass is 32.2. The monoisotopic (exact) mass is 254 g/mol. The van der Waals surface area contributed by atoms with Crippen LogP contribution in [0.5, 0.6) is 5.75 Å². The van der Waals surface area contributed by atoms with Crippen LogP contribution in [-0.4, -0.2) is 14.5 Å². The molecule has 1 aromatic rings. The molecule has 1 rings (SSSR count). The maximum atomic E-state index is 11.3. The van der Waals surface area contributed by atoms with Crippen LogP contribution < -0.4 is 9.88 Å². The first-order valence-corrected chi connectivity index (χ1v) is 6.50. The van der Waals surface area contributed by atoms with Crippen LogP contribution in [0.1, 0.15) is 18.1 Å². The highest BCUT2D eigenvalue weighted by molar-refractivity contribution is 7.89. The summed E-state index contributed by atoms with van der Waals surface area (Å²) in [5.41, 5.74) is 1.12. The molecule has 2 N–H and O–H groups in total. The van der Waals surface area contributed by atoms with Crippen LogP contribution in [0.2, 0.25) is 0 Å². The van der Waals surface area contributed by atoms with E-state index < -0.39 is 16.1 Å². The van der Waals surface area contributed by atoms with Gasteiger partial charge in [-0.3, -0.25) is 0 Å². The minimum atomic E-state index is -3.73. The fourth-order valence-electron chi connectivity index (χ4n) is 1.41. The third-order valence-electron chi connectivity index (χ3n) is 2.26. The smallest absolute Gasteiger partial charge is 0.238 e. The summed E-state index contributed by atoms with van der Waals surface area (Å²) in [5, 5.41) is 13.7. The third-order valence-corrected chi connectivity index (χ3v) is 3.32. The molecule has 0 bridgehead atoms. The molecule has 0 spiro atoms. The molecule has 0 aliphatic heterocycles. The molecule has 0 radical (unpaired) electrons. The molecule has 0 saturated carbocycles. The molecule has 0 aliphatic rings. The quantitative estimate of drug-likeness (QED) is 0.878. The highest BCUT2D eigenvalue weighted by Gasteiger charge is 2.15. The van der Waals surface area contributed by atoms with E-state index in [4.69, 9.17) is 15.1 Å². The number of rotatable bonds is 3. The van der Waals surface area contributed by atoms with Crippen molar-refractivity contribution in [3.63, 3.8) is 0 Å². The molecule has 1 atom stereocenters. The summed E-state index contributed by atoms with van der Waals surface area (Å²) in [4.78, 5) is 0.0759. The zero-order valence-electron chi connectivity index (χ0n) is 9.89. The number of hydrogen-bond donors (Lipinski definition) is 1. The fourth-order valence-corrected chi connectivity index (χ4v) is 2.26. The Morgan fingerprint density at radius 2 is 1.94 bits per heavy atom. The van der Waals surface area contributed by atoms with Gasteiger partial charge >= 0.3 is 0 Å². The lowest BCUT2D eigenvalue weighted by Crippen LogP contribution is -2.15. The van der Waals surface area contributed by atoms with Gasteiger partial charge in [0.25, 0.3) is 0 Å². The molecule has 6 heteroatoms. The molecular formula is C11H14N2O3S. The van der Waals surface area contributed by atoms with E-state index >= 15 is 0 Å². The van der Waals surface area contributed by atoms with Crippen molar-refractivity contribution in [3.05, 3.63) is 23.3 Å². The SMILES string of the molecule is Cc1cc(S(N)(=O)=O)c(C)cc1OC(C)C#N. The summed E-state index contributed by atoms with van der Waals surface area (Å²) in [6.07, 6.45) is -0.589. The number of ether oxygens (including phenoxy) is 1. The van der Waals surface area contributed by atoms with E-state index in [1.54, 1.807) is 26.8 Å². The Labute approximate surface area is 101 Å². The minimum absolute atomic E-state index is 0.0759. The Morgan fingerprint density at radius 1 is 1.35 bits per heavy atom. The zero-order valence-corrected chi connectivity index (χ0v) is 10.7. The molecule has 0 saturated heterocycles. The van der Waals surface area contributed by atoms with Crippen LogP contribution in [0, 0.1) is 25.2 Å². The van der Waals surface area contributed by atoms with Gasteiger partial charge in [0.2, 0.25) is 10.0 Å². The summed E-state index contributed by atoms with van der Waals surface area (Å²) in [6.45, 7) is 4.94. The second-order valence-electron chi connectivity index (χ2n) is 3.82. The predicted molar refractivity (Wildman–Crippen MR) is 63.0 cm³/mol. The van der Waals surface area contributed by atoms with Crippen LogP contribution >= 0.6 is 0 Å². The van der Waals surface area contributed by atoms with E-state index in [-0.39, 0.29) is 4.90 Å². The Hall–Kier alpha value is -1.58. The second kappa shape index (κ2) is 4.73. The Kier molecular flexibility index (Phi) is 3.76. The first-order valence-electron chi connectivity index (χ1n) is 4.96. The number of nitrogens with zero attached hydrogens (tertiary/aromatic N) is 1. The van der Waals surface area contributed by atoms with Crippen molar-refractivity contribution in [3.8, 4) is 11.8 Å². The van der Waals surface area contributed by atoms with Crippen molar-refractivity contribution in [2.75, 3.05) is 0 Å². The molecule has 5 nitrogen and oxygen atoms in total. The first kappa shape index (κ1) is 13.5. The van der Waals surface area contributed by atoms with E-state index in [0.29, 0.717) is 16.9 Å². The van der Waals surface area contributed by atoms with Crippen molar-refractivity contribution >= 4 is 10.0 Å². The van der Waals surface area contributed by atoms with Gasteiger partial charge in [-0.25, -0.2) is 13.6 Å². The predicted octanol–water partition coefficient (Wildman–Crippen LogP) is 1.24. The molecule has 0 amide bonds. The molecule has 0 aromatic heterocycles. The number of sulfonamides is 1. The highest BCUT2D eigenvalue weighted by Crippen LogP contribution is 2.25. The number of aryl methyl sites for hydroxylation is 2. The first-order chi connectivity index (χ1) is 7.75. The molecule has 0 aliphatic carbocycles. The lowest BCUT2D eigenvalue weighted by molar-refractivity contribution is 0.274. The zero-order chi connectivity index (χ0) is 13.2. The summed E-state index contributed by atoms with van der Waals surface area (Å²) >= 11 is 0. The number of nitriles is 1. The number of nitrogens with two attached hydrogens (primary N) is 1. The van der Waals surface area contributed by atoms with E-state index in [0.717, 1.165) is 0 Å². The van der Waals surface area contributed by atoms with Gasteiger partial charge in [-0.15, -0.1) is 0 Å². The van der Waals surface area contributed by atoms with Crippen molar-refractivity contribution in [1.29, 1.82) is 5.26 Å². The summed E-state index contributed by atoms with van der Waals surface area (Å²) in [6, 6.07) is 4.96. The summed E-state index contributed by atoms with van der Waals surface area (Å²) in [5.74, 6) is 0.490. The lowest BCUT2D eigenvalue weighted by atomic mass is 10.1. The van der Waals surface area contributed by atoms with Crippen molar-refractivity contribution in [1.82, 2.24) is 0 Å². The standard InChI is InChI=1S/C11H14N2O3S/c1-7-5-11(17(13,14)15)8(2)4-10(7)16-9(3)6-12/h4-5,9H,1-3H3,(H2,13,14,15). The number of primary sulfonamides is 1. The Morgan fingerprint density at radius 3 is 2.41 bits per heavy atom. The van der Waals surface area contributed by atoms with Crippen LogP contribution in [0.4, 0.5) is 0 Å². The fraction of sp³-hybridized carbons (Fsp3) is 0.364. The van der Waals surface area contributed by atoms with Crippen LogP contribution in [0.25, 0.3) is 0 Å². The maximum Gasteiger partial charge on any atom is 0.238 e. The van der Waals surface area contributed by atoms with E-state index in [9.17, 15) is 8.42 Å². The molecule has 92 valence electrons. The average Bonchev–Trinajstić information content (AvgIpc) is 2.21. The average molecular weight is 254 g/mol. The number of benzene rings is 1. The normalized spacial score (nSPS) is 12.9. The van der Waals surface area contributed by atoms with Gasteiger partial charge in [-0.2, -0.15) is 5.26 Å². The van der Waals surface area contributed by atoms with Crippen LogP contribution in [0.3, 0.4) is 0 Å². The van der Waals surface area contributed by atoms with E-state index in [1.165, 1.54) is 6.07 Å². The van der Waals surface area contributed by atoms with Crippen molar-refractivity contribution in [2.24, 2.45) is 5.14 Å². The lowest BCUT2D eigenvalue weighted by Gasteiger charge is -2.13. The molecule has 1 unspecified atom stereocenters. The summed E-state index contributed by atoms with van der Waals surface area (Å²) < 4.78 is 27.9. The topological polar surface area (TPSA) is 93.2 Å². The van der Waals surface area contributed by atoms with Crippen LogP contribution in [0.15, 0.2) is 17.0 Å². The Balaban J connectivity index is 3.25. The van der Waals surface area contributed by atoms with Crippen molar-refractivity contribution in [2.45, 2.75) is 31.8 Å². The molecule has 1 aromatic carbocycles. The maximum absolute atomic E-state index is 11.3. The molecule has 17 heavy (non-hydrogen) atoms. The molecule has 0 heterocycles. The van der Waals surface area contributed by atoms with Crippen LogP contribution in [-0.2, 0) is 10.0 Å². The Bertz CT molecular complexity index is 573.